The molecule has 0 aliphatic heterocycles. The Hall–Kier alpha value is -2.60. The van der Waals surface area contributed by atoms with Crippen molar-refractivity contribution in [2.24, 2.45) is 0 Å². The Balaban J connectivity index is 0.000000313. The Labute approximate surface area is 178 Å². The molecule has 0 heterocycles. The van der Waals surface area contributed by atoms with Crippen LogP contribution in [0.25, 0.3) is 5.57 Å². The topological polar surface area (TPSA) is 0 Å². The van der Waals surface area contributed by atoms with Crippen molar-refractivity contribution in [3.8, 4) is 0 Å². The van der Waals surface area contributed by atoms with Crippen LogP contribution in [-0.2, 0) is 25.7 Å². The van der Waals surface area contributed by atoms with Gasteiger partial charge in [0.15, 0.2) is 0 Å². The van der Waals surface area contributed by atoms with Crippen molar-refractivity contribution in [3.63, 3.8) is 0 Å². The number of benzene rings is 3. The molecule has 3 aromatic rings. The smallest absolute Gasteiger partial charge is 0.0233 e. The first-order valence-electron chi connectivity index (χ1n) is 10.9. The third kappa shape index (κ3) is 7.38. The molecule has 0 amide bonds. The molecule has 0 atom stereocenters. The molecule has 0 saturated heterocycles. The van der Waals surface area contributed by atoms with Gasteiger partial charge in [0.05, 0.1) is 0 Å². The molecule has 0 saturated carbocycles. The van der Waals surface area contributed by atoms with E-state index >= 15 is 0 Å². The van der Waals surface area contributed by atoms with Crippen LogP contribution >= 0.6 is 0 Å². The van der Waals surface area contributed by atoms with Crippen LogP contribution in [0.1, 0.15) is 60.6 Å². The second kappa shape index (κ2) is 12.1. The van der Waals surface area contributed by atoms with Crippen LogP contribution in [0, 0.1) is 6.92 Å². The summed E-state index contributed by atoms with van der Waals surface area (Å²) in [6, 6.07) is 26.0. The first kappa shape index (κ1) is 22.7. The standard InChI is InChI=1S/C21H26.C8H10/c1-5-7-20-8-6-9-21(17(20)4)15-12-18-10-13-19(14-11-18)16(2)3;1-2-8-6-4-3-5-7-8/h6,8-11,13-14H,2,5,7,12,15H2,1,3-4H3;3-7H,2H2,1H3. The van der Waals surface area contributed by atoms with E-state index in [1.807, 2.05) is 6.07 Å². The molecule has 0 spiro atoms. The number of rotatable bonds is 7. The Kier molecular flexibility index (Phi) is 9.44. The van der Waals surface area contributed by atoms with E-state index in [9.17, 15) is 0 Å². The lowest BCUT2D eigenvalue weighted by atomic mass is 9.94. The van der Waals surface area contributed by atoms with Gasteiger partial charge in [-0.1, -0.05) is 105 Å². The maximum Gasteiger partial charge on any atom is -0.0233 e. The van der Waals surface area contributed by atoms with Gasteiger partial charge in [-0.25, -0.2) is 0 Å². The van der Waals surface area contributed by atoms with Gasteiger partial charge in [0.1, 0.15) is 0 Å². The van der Waals surface area contributed by atoms with Crippen LogP contribution < -0.4 is 0 Å². The van der Waals surface area contributed by atoms with Gasteiger partial charge in [0.2, 0.25) is 0 Å². The predicted octanol–water partition coefficient (Wildman–Crippen LogP) is 8.01. The lowest BCUT2D eigenvalue weighted by molar-refractivity contribution is 0.892. The molecule has 3 rings (SSSR count). The maximum absolute atomic E-state index is 3.99. The summed E-state index contributed by atoms with van der Waals surface area (Å²) in [5.41, 5.74) is 9.66. The Morgan fingerprint density at radius 1 is 0.690 bits per heavy atom. The van der Waals surface area contributed by atoms with Crippen LogP contribution in [0.5, 0.6) is 0 Å². The van der Waals surface area contributed by atoms with Crippen LogP contribution in [-0.4, -0.2) is 0 Å². The van der Waals surface area contributed by atoms with Crippen molar-refractivity contribution in [1.29, 1.82) is 0 Å². The summed E-state index contributed by atoms with van der Waals surface area (Å²) in [6.07, 6.45) is 5.77. The molecule has 0 bridgehead atoms. The summed E-state index contributed by atoms with van der Waals surface area (Å²) in [5.74, 6) is 0. The number of aryl methyl sites for hydroxylation is 4. The lowest BCUT2D eigenvalue weighted by Crippen LogP contribution is -1.98. The van der Waals surface area contributed by atoms with Gasteiger partial charge in [-0.05, 0) is 72.9 Å². The van der Waals surface area contributed by atoms with Gasteiger partial charge in [-0.2, -0.15) is 0 Å². The molecule has 0 aliphatic carbocycles. The number of hydrogen-bond donors (Lipinski definition) is 0. The second-order valence-electron chi connectivity index (χ2n) is 7.77. The van der Waals surface area contributed by atoms with E-state index in [0.717, 1.165) is 24.8 Å². The highest BCUT2D eigenvalue weighted by atomic mass is 14.1. The normalized spacial score (nSPS) is 10.2. The van der Waals surface area contributed by atoms with Gasteiger partial charge in [0.25, 0.3) is 0 Å². The second-order valence-corrected chi connectivity index (χ2v) is 7.77. The maximum atomic E-state index is 3.99. The first-order valence-corrected chi connectivity index (χ1v) is 10.9. The third-order valence-electron chi connectivity index (χ3n) is 5.46. The summed E-state index contributed by atoms with van der Waals surface area (Å²) >= 11 is 0. The summed E-state index contributed by atoms with van der Waals surface area (Å²) in [5, 5.41) is 0. The van der Waals surface area contributed by atoms with Gasteiger partial charge in [-0.3, -0.25) is 0 Å². The average Bonchev–Trinajstić information content (AvgIpc) is 2.76. The molecule has 0 N–H and O–H groups in total. The van der Waals surface area contributed by atoms with E-state index in [0.29, 0.717) is 0 Å². The highest BCUT2D eigenvalue weighted by Gasteiger charge is 2.04. The van der Waals surface area contributed by atoms with Crippen molar-refractivity contribution < 1.29 is 0 Å². The van der Waals surface area contributed by atoms with E-state index in [2.05, 4.69) is 101 Å². The van der Waals surface area contributed by atoms with E-state index < -0.39 is 0 Å². The molecule has 152 valence electrons. The third-order valence-corrected chi connectivity index (χ3v) is 5.46. The Morgan fingerprint density at radius 2 is 1.31 bits per heavy atom. The lowest BCUT2D eigenvalue weighted by Gasteiger charge is -2.11. The van der Waals surface area contributed by atoms with Gasteiger partial charge in [0, 0.05) is 0 Å². The fraction of sp³-hybridized carbons (Fsp3) is 0.310. The SMILES string of the molecule is C=C(C)c1ccc(CCc2cccc(CCC)c2C)cc1.CCc1ccccc1. The minimum atomic E-state index is 1.10. The van der Waals surface area contributed by atoms with Crippen molar-refractivity contribution in [2.45, 2.75) is 59.8 Å². The molecule has 0 unspecified atom stereocenters. The van der Waals surface area contributed by atoms with E-state index in [4.69, 9.17) is 0 Å². The van der Waals surface area contributed by atoms with E-state index in [-0.39, 0.29) is 0 Å². The Morgan fingerprint density at radius 3 is 1.83 bits per heavy atom. The highest BCUT2D eigenvalue weighted by molar-refractivity contribution is 5.61. The molecule has 3 aromatic carbocycles. The largest absolute Gasteiger partial charge is 0.0955 e. The van der Waals surface area contributed by atoms with Gasteiger partial charge >= 0.3 is 0 Å². The molecule has 0 heteroatoms. The zero-order valence-electron chi connectivity index (χ0n) is 18.7. The van der Waals surface area contributed by atoms with Crippen LogP contribution in [0.15, 0.2) is 79.4 Å². The van der Waals surface area contributed by atoms with Crippen LogP contribution in [0.2, 0.25) is 0 Å². The van der Waals surface area contributed by atoms with E-state index in [1.165, 1.54) is 46.2 Å². The summed E-state index contributed by atoms with van der Waals surface area (Å²) in [6.45, 7) is 12.7. The molecule has 0 fully saturated rings. The zero-order valence-corrected chi connectivity index (χ0v) is 18.7. The fourth-order valence-corrected chi connectivity index (χ4v) is 3.50. The number of hydrogen-bond acceptors (Lipinski definition) is 0. The number of allylic oxidation sites excluding steroid dienone is 1. The molecule has 0 radical (unpaired) electrons. The van der Waals surface area contributed by atoms with Crippen molar-refractivity contribution in [2.75, 3.05) is 0 Å². The van der Waals surface area contributed by atoms with Crippen molar-refractivity contribution in [1.82, 2.24) is 0 Å². The molecule has 0 aliphatic rings. The van der Waals surface area contributed by atoms with Crippen molar-refractivity contribution >= 4 is 5.57 Å². The molecular weight excluding hydrogens is 348 g/mol. The minimum absolute atomic E-state index is 1.10. The predicted molar refractivity (Wildman–Crippen MR) is 130 cm³/mol. The average molecular weight is 385 g/mol. The molecule has 29 heavy (non-hydrogen) atoms. The van der Waals surface area contributed by atoms with E-state index in [1.54, 1.807) is 0 Å². The highest BCUT2D eigenvalue weighted by Crippen LogP contribution is 2.19. The molecular formula is C29H36. The molecule has 0 aromatic heterocycles. The quantitative estimate of drug-likeness (QED) is 0.387. The summed E-state index contributed by atoms with van der Waals surface area (Å²) in [7, 11) is 0. The molecule has 0 nitrogen and oxygen atoms in total. The zero-order chi connectivity index (χ0) is 21.1. The minimum Gasteiger partial charge on any atom is -0.0955 e. The van der Waals surface area contributed by atoms with Crippen molar-refractivity contribution in [3.05, 3.63) is 113 Å². The van der Waals surface area contributed by atoms with Crippen LogP contribution in [0.3, 0.4) is 0 Å². The fourth-order valence-electron chi connectivity index (χ4n) is 3.50. The van der Waals surface area contributed by atoms with Crippen LogP contribution in [0.4, 0.5) is 0 Å². The summed E-state index contributed by atoms with van der Waals surface area (Å²) < 4.78 is 0. The van der Waals surface area contributed by atoms with Gasteiger partial charge < -0.3 is 0 Å². The van der Waals surface area contributed by atoms with Gasteiger partial charge in [-0.15, -0.1) is 0 Å². The Bertz CT molecular complexity index is 870. The summed E-state index contributed by atoms with van der Waals surface area (Å²) in [4.78, 5) is 0. The first-order chi connectivity index (χ1) is 14.0. The monoisotopic (exact) mass is 384 g/mol.